The van der Waals surface area contributed by atoms with E-state index in [1.807, 2.05) is 6.08 Å². The Hall–Kier alpha value is -1.32. The molecule has 0 atom stereocenters. The highest BCUT2D eigenvalue weighted by molar-refractivity contribution is 6.37. The molecular weight excluding hydrogens is 295 g/mol. The predicted molar refractivity (Wildman–Crippen MR) is 82.7 cm³/mol. The average Bonchev–Trinajstić information content (AvgIpc) is 3.19. The number of halogens is 2. The van der Waals surface area contributed by atoms with Crippen molar-refractivity contribution in [3.63, 3.8) is 0 Å². The fourth-order valence-electron chi connectivity index (χ4n) is 2.39. The van der Waals surface area contributed by atoms with Crippen LogP contribution in [-0.2, 0) is 11.2 Å². The molecule has 1 aliphatic carbocycles. The molecule has 20 heavy (non-hydrogen) atoms. The molecule has 2 aliphatic rings. The zero-order chi connectivity index (χ0) is 14.3. The van der Waals surface area contributed by atoms with Gasteiger partial charge in [0.15, 0.2) is 5.78 Å². The molecule has 1 saturated carbocycles. The maximum absolute atomic E-state index is 11.8. The molecule has 2 N–H and O–H groups in total. The number of rotatable bonds is 3. The first-order chi connectivity index (χ1) is 9.54. The molecule has 0 unspecified atom stereocenters. The largest absolute Gasteiger partial charge is 0.399 e. The zero-order valence-corrected chi connectivity index (χ0v) is 12.3. The Morgan fingerprint density at radius 1 is 1.25 bits per heavy atom. The first-order valence-corrected chi connectivity index (χ1v) is 7.31. The Balaban J connectivity index is 1.87. The van der Waals surface area contributed by atoms with Crippen molar-refractivity contribution in [1.29, 1.82) is 0 Å². The van der Waals surface area contributed by atoms with Gasteiger partial charge in [0, 0.05) is 33.4 Å². The summed E-state index contributed by atoms with van der Waals surface area (Å²) in [6.07, 6.45) is 4.65. The van der Waals surface area contributed by atoms with Crippen molar-refractivity contribution in [3.8, 4) is 0 Å². The number of Topliss-reactive ketones (excluding diaryl/α,β-unsaturated/α-hetero) is 1. The van der Waals surface area contributed by atoms with Gasteiger partial charge in [0.05, 0.1) is 0 Å². The number of benzene rings is 1. The van der Waals surface area contributed by atoms with Crippen LogP contribution in [0, 0.1) is 5.92 Å². The van der Waals surface area contributed by atoms with Crippen LogP contribution in [0.2, 0.25) is 10.0 Å². The van der Waals surface area contributed by atoms with Crippen LogP contribution >= 0.6 is 23.2 Å². The van der Waals surface area contributed by atoms with E-state index >= 15 is 0 Å². The molecule has 3 rings (SSSR count). The number of carbonyl (C=O) groups is 1. The molecule has 0 amide bonds. The van der Waals surface area contributed by atoms with E-state index in [0.717, 1.165) is 29.7 Å². The third-order valence-electron chi connectivity index (χ3n) is 3.61. The van der Waals surface area contributed by atoms with Gasteiger partial charge >= 0.3 is 0 Å². The Morgan fingerprint density at radius 3 is 2.50 bits per heavy atom. The molecule has 1 aliphatic heterocycles. The molecule has 0 spiro atoms. The van der Waals surface area contributed by atoms with Crippen LogP contribution in [0.1, 0.15) is 18.4 Å². The van der Waals surface area contributed by atoms with Crippen molar-refractivity contribution in [1.82, 2.24) is 0 Å². The van der Waals surface area contributed by atoms with Gasteiger partial charge in [-0.1, -0.05) is 23.2 Å². The summed E-state index contributed by atoms with van der Waals surface area (Å²) < 4.78 is 0. The number of nitrogens with two attached hydrogens (primary N) is 1. The van der Waals surface area contributed by atoms with E-state index in [-0.39, 0.29) is 12.3 Å². The number of hydrogen-bond donors (Lipinski definition) is 1. The summed E-state index contributed by atoms with van der Waals surface area (Å²) in [5.41, 5.74) is 8.82. The van der Waals surface area contributed by atoms with Crippen molar-refractivity contribution >= 4 is 40.4 Å². The van der Waals surface area contributed by atoms with Gasteiger partial charge in [-0.15, -0.1) is 0 Å². The van der Waals surface area contributed by atoms with Gasteiger partial charge < -0.3 is 5.73 Å². The molecule has 1 heterocycles. The van der Waals surface area contributed by atoms with Crippen LogP contribution in [0.25, 0.3) is 0 Å². The number of anilines is 1. The maximum Gasteiger partial charge on any atom is 0.180 e. The lowest BCUT2D eigenvalue weighted by Crippen LogP contribution is -2.18. The number of carbonyl (C=O) groups excluding carboxylic acids is 1. The van der Waals surface area contributed by atoms with Crippen LogP contribution in [-0.4, -0.2) is 18.0 Å². The molecule has 3 nitrogen and oxygen atoms in total. The van der Waals surface area contributed by atoms with Gasteiger partial charge in [-0.3, -0.25) is 9.79 Å². The first-order valence-electron chi connectivity index (χ1n) is 6.56. The van der Waals surface area contributed by atoms with Gasteiger partial charge in [0.1, 0.15) is 6.54 Å². The maximum atomic E-state index is 11.8. The zero-order valence-electron chi connectivity index (χ0n) is 10.8. The van der Waals surface area contributed by atoms with Crippen LogP contribution in [0.5, 0.6) is 0 Å². The lowest BCUT2D eigenvalue weighted by Gasteiger charge is -2.14. The molecular formula is C15H14Cl2N2O. The van der Waals surface area contributed by atoms with E-state index < -0.39 is 0 Å². The minimum atomic E-state index is 0.144. The minimum Gasteiger partial charge on any atom is -0.399 e. The van der Waals surface area contributed by atoms with Crippen molar-refractivity contribution < 1.29 is 4.79 Å². The monoisotopic (exact) mass is 308 g/mol. The summed E-state index contributed by atoms with van der Waals surface area (Å²) in [4.78, 5) is 16.1. The van der Waals surface area contributed by atoms with Crippen LogP contribution in [0.3, 0.4) is 0 Å². The average molecular weight is 309 g/mol. The second-order valence-electron chi connectivity index (χ2n) is 5.24. The smallest absolute Gasteiger partial charge is 0.180 e. The molecule has 0 aromatic heterocycles. The highest BCUT2D eigenvalue weighted by atomic mass is 35.5. The Labute approximate surface area is 127 Å². The van der Waals surface area contributed by atoms with Crippen molar-refractivity contribution in [2.45, 2.75) is 19.3 Å². The number of ketones is 1. The highest BCUT2D eigenvalue weighted by Gasteiger charge is 2.31. The van der Waals surface area contributed by atoms with Gasteiger partial charge in [0.25, 0.3) is 0 Å². The SMILES string of the molecule is Nc1cc(Cl)c(CC2=NCC(=O)C(C3CC3)=C2)c(Cl)c1. The Bertz CT molecular complexity index is 622. The van der Waals surface area contributed by atoms with E-state index in [1.54, 1.807) is 12.1 Å². The summed E-state index contributed by atoms with van der Waals surface area (Å²) >= 11 is 12.4. The van der Waals surface area contributed by atoms with E-state index in [1.165, 1.54) is 0 Å². The lowest BCUT2D eigenvalue weighted by atomic mass is 9.98. The number of nitrogen functional groups attached to an aromatic ring is 1. The molecule has 104 valence electrons. The number of hydrogen-bond acceptors (Lipinski definition) is 3. The Morgan fingerprint density at radius 2 is 1.90 bits per heavy atom. The van der Waals surface area contributed by atoms with Crippen LogP contribution in [0.15, 0.2) is 28.8 Å². The molecule has 1 aromatic carbocycles. The molecule has 1 fully saturated rings. The second kappa shape index (κ2) is 5.23. The third-order valence-corrected chi connectivity index (χ3v) is 4.28. The molecule has 1 aromatic rings. The van der Waals surface area contributed by atoms with Crippen LogP contribution in [0.4, 0.5) is 5.69 Å². The summed E-state index contributed by atoms with van der Waals surface area (Å²) in [6.45, 7) is 0.238. The van der Waals surface area contributed by atoms with Crippen molar-refractivity contribution in [3.05, 3.63) is 39.4 Å². The van der Waals surface area contributed by atoms with E-state index in [0.29, 0.717) is 28.1 Å². The Kier molecular flexibility index (Phi) is 3.57. The summed E-state index contributed by atoms with van der Waals surface area (Å²) in [6, 6.07) is 3.37. The van der Waals surface area contributed by atoms with Crippen molar-refractivity contribution in [2.75, 3.05) is 12.3 Å². The molecule has 0 radical (unpaired) electrons. The van der Waals surface area contributed by atoms with Crippen LogP contribution < -0.4 is 5.73 Å². The lowest BCUT2D eigenvalue weighted by molar-refractivity contribution is -0.114. The molecule has 0 bridgehead atoms. The van der Waals surface area contributed by atoms with E-state index in [9.17, 15) is 4.79 Å². The fourth-order valence-corrected chi connectivity index (χ4v) is 3.03. The van der Waals surface area contributed by atoms with Gasteiger partial charge in [-0.2, -0.15) is 0 Å². The third kappa shape index (κ3) is 2.74. The summed E-state index contributed by atoms with van der Waals surface area (Å²) in [5.74, 6) is 0.580. The number of aliphatic imine (C=N–C) groups is 1. The van der Waals surface area contributed by atoms with E-state index in [2.05, 4.69) is 4.99 Å². The van der Waals surface area contributed by atoms with Crippen molar-refractivity contribution in [2.24, 2.45) is 10.9 Å². The summed E-state index contributed by atoms with van der Waals surface area (Å²) in [7, 11) is 0. The molecule has 5 heteroatoms. The predicted octanol–water partition coefficient (Wildman–Crippen LogP) is 3.48. The minimum absolute atomic E-state index is 0.144. The second-order valence-corrected chi connectivity index (χ2v) is 6.06. The normalized spacial score (nSPS) is 18.8. The highest BCUT2D eigenvalue weighted by Crippen LogP contribution is 2.38. The fraction of sp³-hybridized carbons (Fsp3) is 0.333. The standard InChI is InChI=1S/C15H14Cl2N2O/c16-13-3-9(18)4-14(17)12(13)6-10-5-11(8-1-2-8)15(20)7-19-10/h3-5,8H,1-2,6-7,18H2. The van der Waals surface area contributed by atoms with Gasteiger partial charge in [-0.05, 0) is 42.5 Å². The topological polar surface area (TPSA) is 55.4 Å². The van der Waals surface area contributed by atoms with Gasteiger partial charge in [0.2, 0.25) is 0 Å². The van der Waals surface area contributed by atoms with E-state index in [4.69, 9.17) is 28.9 Å². The number of nitrogens with zero attached hydrogens (tertiary/aromatic N) is 1. The quantitative estimate of drug-likeness (QED) is 0.869. The van der Waals surface area contributed by atoms with Gasteiger partial charge in [-0.25, -0.2) is 0 Å². The molecule has 0 saturated heterocycles. The number of dihydropyridines is 1. The summed E-state index contributed by atoms with van der Waals surface area (Å²) in [5, 5.41) is 1.08. The number of allylic oxidation sites excluding steroid dienone is 1. The first kappa shape index (κ1) is 13.7.